The molecule has 3 heterocycles. The van der Waals surface area contributed by atoms with Gasteiger partial charge in [0, 0.05) is 43.5 Å². The van der Waals surface area contributed by atoms with Gasteiger partial charge in [-0.05, 0) is 52.0 Å². The fraction of sp³-hybridized carbons (Fsp3) is 0.842. The third-order valence-electron chi connectivity index (χ3n) is 5.77. The predicted octanol–water partition coefficient (Wildman–Crippen LogP) is 2.92. The molecule has 1 aromatic heterocycles. The zero-order chi connectivity index (χ0) is 16.4. The van der Waals surface area contributed by atoms with Gasteiger partial charge in [0.2, 0.25) is 0 Å². The van der Waals surface area contributed by atoms with Gasteiger partial charge in [-0.2, -0.15) is 0 Å². The van der Waals surface area contributed by atoms with E-state index in [1.54, 1.807) is 4.88 Å². The number of aromatic nitrogens is 1. The van der Waals surface area contributed by atoms with E-state index in [0.717, 1.165) is 19.7 Å². The molecule has 5 heteroatoms. The smallest absolute Gasteiger partial charge is 0.0974 e. The molecule has 0 spiro atoms. The lowest BCUT2D eigenvalue weighted by atomic mass is 9.98. The lowest BCUT2D eigenvalue weighted by Crippen LogP contribution is -2.46. The fourth-order valence-electron chi connectivity index (χ4n) is 4.38. The lowest BCUT2D eigenvalue weighted by molar-refractivity contribution is -0.0212. The first-order valence-corrected chi connectivity index (χ1v) is 10.6. The zero-order valence-corrected chi connectivity index (χ0v) is 15.8. The minimum Gasteiger partial charge on any atom is -0.376 e. The van der Waals surface area contributed by atoms with Crippen molar-refractivity contribution < 1.29 is 4.74 Å². The van der Waals surface area contributed by atoms with Gasteiger partial charge >= 0.3 is 0 Å². The Balaban J connectivity index is 1.31. The fourth-order valence-corrected chi connectivity index (χ4v) is 5.66. The van der Waals surface area contributed by atoms with E-state index >= 15 is 0 Å². The van der Waals surface area contributed by atoms with Gasteiger partial charge in [-0.25, -0.2) is 4.98 Å². The molecular formula is C19H31N3OS. The minimum atomic E-state index is 0.398. The molecule has 2 aliphatic heterocycles. The van der Waals surface area contributed by atoms with Crippen LogP contribution in [0.2, 0.25) is 0 Å². The van der Waals surface area contributed by atoms with Crippen molar-refractivity contribution >= 4 is 11.3 Å². The van der Waals surface area contributed by atoms with E-state index < -0.39 is 0 Å². The van der Waals surface area contributed by atoms with E-state index in [-0.39, 0.29) is 0 Å². The number of ether oxygens (including phenoxy) is 1. The van der Waals surface area contributed by atoms with Crippen molar-refractivity contribution in [3.05, 3.63) is 15.6 Å². The van der Waals surface area contributed by atoms with Gasteiger partial charge in [0.15, 0.2) is 0 Å². The van der Waals surface area contributed by atoms with Gasteiger partial charge in [-0.3, -0.25) is 4.90 Å². The Kier molecular flexibility index (Phi) is 5.52. The summed E-state index contributed by atoms with van der Waals surface area (Å²) in [5.41, 5.74) is 1.43. The van der Waals surface area contributed by atoms with E-state index in [1.807, 2.05) is 11.3 Å². The molecule has 1 aromatic rings. The summed E-state index contributed by atoms with van der Waals surface area (Å²) >= 11 is 2.03. The highest BCUT2D eigenvalue weighted by molar-refractivity contribution is 7.11. The normalized spacial score (nSPS) is 29.5. The van der Waals surface area contributed by atoms with Crippen LogP contribution in [0.5, 0.6) is 0 Å². The summed E-state index contributed by atoms with van der Waals surface area (Å²) in [5, 5.41) is 1.44. The highest BCUT2D eigenvalue weighted by Crippen LogP contribution is 2.34. The summed E-state index contributed by atoms with van der Waals surface area (Å²) in [5.74, 6) is 0.679. The van der Waals surface area contributed by atoms with Gasteiger partial charge in [0.1, 0.15) is 0 Å². The Morgan fingerprint density at radius 3 is 2.75 bits per heavy atom. The molecule has 0 radical (unpaired) electrons. The van der Waals surface area contributed by atoms with Crippen LogP contribution >= 0.6 is 11.3 Å². The maximum absolute atomic E-state index is 5.65. The number of hydrogen-bond donors (Lipinski definition) is 0. The van der Waals surface area contributed by atoms with Crippen LogP contribution in [0.3, 0.4) is 0 Å². The number of morpholine rings is 1. The van der Waals surface area contributed by atoms with Crippen LogP contribution in [0, 0.1) is 0 Å². The molecule has 24 heavy (non-hydrogen) atoms. The maximum atomic E-state index is 5.65. The third kappa shape index (κ3) is 4.01. The quantitative estimate of drug-likeness (QED) is 0.836. The summed E-state index contributed by atoms with van der Waals surface area (Å²) in [6.45, 7) is 10.1. The number of rotatable bonds is 4. The number of aryl methyl sites for hydroxylation is 2. The van der Waals surface area contributed by atoms with E-state index in [0.29, 0.717) is 12.0 Å². The van der Waals surface area contributed by atoms with Crippen LogP contribution in [-0.4, -0.2) is 66.8 Å². The van der Waals surface area contributed by atoms with Gasteiger partial charge in [0.05, 0.1) is 23.4 Å². The number of fused-ring (bicyclic) bond motifs is 1. The maximum Gasteiger partial charge on any atom is 0.0974 e. The van der Waals surface area contributed by atoms with Crippen LogP contribution < -0.4 is 0 Å². The molecule has 0 saturated carbocycles. The van der Waals surface area contributed by atoms with Crippen molar-refractivity contribution in [2.24, 2.45) is 0 Å². The summed E-state index contributed by atoms with van der Waals surface area (Å²) in [6.07, 6.45) is 8.26. The molecule has 0 amide bonds. The van der Waals surface area contributed by atoms with E-state index in [9.17, 15) is 0 Å². The van der Waals surface area contributed by atoms with E-state index in [1.165, 1.54) is 75.4 Å². The van der Waals surface area contributed by atoms with Crippen LogP contribution in [0.4, 0.5) is 0 Å². The largest absolute Gasteiger partial charge is 0.376 e. The molecule has 2 atom stereocenters. The first-order valence-electron chi connectivity index (χ1n) is 9.83. The molecule has 4 nitrogen and oxygen atoms in total. The Hall–Kier alpha value is -0.490. The molecule has 134 valence electrons. The molecule has 0 unspecified atom stereocenters. The molecule has 2 saturated heterocycles. The monoisotopic (exact) mass is 349 g/mol. The molecule has 3 aliphatic rings. The van der Waals surface area contributed by atoms with Crippen molar-refractivity contribution in [3.8, 4) is 0 Å². The first kappa shape index (κ1) is 17.0. The summed E-state index contributed by atoms with van der Waals surface area (Å²) in [7, 11) is 0. The van der Waals surface area contributed by atoms with Crippen molar-refractivity contribution in [2.75, 3.05) is 45.9 Å². The Labute approximate surface area is 150 Å². The molecule has 0 bridgehead atoms. The van der Waals surface area contributed by atoms with Gasteiger partial charge in [0.25, 0.3) is 0 Å². The van der Waals surface area contributed by atoms with Crippen molar-refractivity contribution in [2.45, 2.75) is 57.5 Å². The standard InChI is InChI=1S/C19H31N3OS/c1-15-13-22(11-12-23-15)10-9-21-8-4-5-16(14-21)19-20-17-6-2-3-7-18(17)24-19/h15-16H,2-14H2,1H3/t15-,16-/m1/s1. The van der Waals surface area contributed by atoms with Crippen molar-refractivity contribution in [1.29, 1.82) is 0 Å². The predicted molar refractivity (Wildman–Crippen MR) is 99.0 cm³/mol. The first-order chi connectivity index (χ1) is 11.8. The van der Waals surface area contributed by atoms with Crippen molar-refractivity contribution in [3.63, 3.8) is 0 Å². The van der Waals surface area contributed by atoms with Crippen LogP contribution in [0.25, 0.3) is 0 Å². The van der Waals surface area contributed by atoms with Gasteiger partial charge < -0.3 is 9.64 Å². The Morgan fingerprint density at radius 1 is 1.08 bits per heavy atom. The lowest BCUT2D eigenvalue weighted by Gasteiger charge is -2.35. The van der Waals surface area contributed by atoms with Crippen molar-refractivity contribution in [1.82, 2.24) is 14.8 Å². The highest BCUT2D eigenvalue weighted by atomic mass is 32.1. The molecule has 0 N–H and O–H groups in total. The number of thiazole rings is 1. The molecule has 4 rings (SSSR count). The molecule has 2 fully saturated rings. The number of hydrogen-bond acceptors (Lipinski definition) is 5. The average molecular weight is 350 g/mol. The number of piperidine rings is 1. The SMILES string of the molecule is C[C@@H]1CN(CCN2CCC[C@@H](c3nc4c(s3)CCCC4)C2)CCO1. The second-order valence-corrected chi connectivity index (χ2v) is 8.87. The van der Waals surface area contributed by atoms with Crippen LogP contribution in [-0.2, 0) is 17.6 Å². The highest BCUT2D eigenvalue weighted by Gasteiger charge is 2.26. The molecule has 0 aromatic carbocycles. The Bertz CT molecular complexity index is 523. The van der Waals surface area contributed by atoms with Gasteiger partial charge in [-0.1, -0.05) is 0 Å². The number of likely N-dealkylation sites (tertiary alicyclic amines) is 1. The average Bonchev–Trinajstić information content (AvgIpc) is 3.05. The second-order valence-electron chi connectivity index (χ2n) is 7.75. The number of nitrogens with zero attached hydrogens (tertiary/aromatic N) is 3. The summed E-state index contributed by atoms with van der Waals surface area (Å²) < 4.78 is 5.65. The third-order valence-corrected chi connectivity index (χ3v) is 7.09. The Morgan fingerprint density at radius 2 is 1.92 bits per heavy atom. The zero-order valence-electron chi connectivity index (χ0n) is 15.0. The topological polar surface area (TPSA) is 28.6 Å². The molecular weight excluding hydrogens is 318 g/mol. The van der Waals surface area contributed by atoms with E-state index in [4.69, 9.17) is 9.72 Å². The summed E-state index contributed by atoms with van der Waals surface area (Å²) in [6, 6.07) is 0. The van der Waals surface area contributed by atoms with Gasteiger partial charge in [-0.15, -0.1) is 11.3 Å². The second kappa shape index (κ2) is 7.81. The van der Waals surface area contributed by atoms with Crippen LogP contribution in [0.1, 0.15) is 54.1 Å². The van der Waals surface area contributed by atoms with E-state index in [2.05, 4.69) is 16.7 Å². The van der Waals surface area contributed by atoms with Crippen LogP contribution in [0.15, 0.2) is 0 Å². The summed E-state index contributed by atoms with van der Waals surface area (Å²) in [4.78, 5) is 11.9. The minimum absolute atomic E-state index is 0.398. The molecule has 1 aliphatic carbocycles.